The van der Waals surface area contributed by atoms with Gasteiger partial charge in [-0.3, -0.25) is 19.7 Å². The zero-order chi connectivity index (χ0) is 19.4. The molecule has 0 saturated carbocycles. The molecule has 9 heteroatoms. The Morgan fingerprint density at radius 1 is 1.35 bits per heavy atom. The van der Waals surface area contributed by atoms with Crippen LogP contribution >= 0.6 is 11.3 Å². The van der Waals surface area contributed by atoms with Gasteiger partial charge in [0.15, 0.2) is 5.13 Å². The minimum atomic E-state index is -0.559. The molecule has 0 unspecified atom stereocenters. The lowest BCUT2D eigenvalue weighted by Gasteiger charge is -2.26. The van der Waals surface area contributed by atoms with E-state index in [-0.39, 0.29) is 29.7 Å². The number of carbonyl (C=O) groups excluding carboxylic acids is 2. The number of nitrogens with one attached hydrogen (secondary N) is 1. The van der Waals surface area contributed by atoms with Gasteiger partial charge in [0.1, 0.15) is 6.54 Å². The maximum atomic E-state index is 12.7. The second-order valence-corrected chi connectivity index (χ2v) is 7.25. The predicted molar refractivity (Wildman–Crippen MR) is 99.5 cm³/mol. The molecular weight excluding hydrogens is 356 g/mol. The van der Waals surface area contributed by atoms with Gasteiger partial charge in [-0.25, -0.2) is 4.98 Å². The van der Waals surface area contributed by atoms with E-state index in [9.17, 15) is 19.7 Å². The van der Waals surface area contributed by atoms with Crippen molar-refractivity contribution < 1.29 is 14.5 Å². The number of rotatable bonds is 6. The lowest BCUT2D eigenvalue weighted by Crippen LogP contribution is -2.42. The summed E-state index contributed by atoms with van der Waals surface area (Å²) in [4.78, 5) is 42.0. The van der Waals surface area contributed by atoms with Crippen molar-refractivity contribution in [2.45, 2.75) is 33.7 Å². The topological polar surface area (TPSA) is 105 Å². The minimum absolute atomic E-state index is 0.168. The van der Waals surface area contributed by atoms with Gasteiger partial charge in [-0.15, -0.1) is 11.3 Å². The molecule has 8 nitrogen and oxygen atoms in total. The van der Waals surface area contributed by atoms with Crippen LogP contribution in [0, 0.1) is 24.0 Å². The maximum absolute atomic E-state index is 12.7. The molecule has 26 heavy (non-hydrogen) atoms. The third kappa shape index (κ3) is 4.63. The lowest BCUT2D eigenvalue weighted by atomic mass is 10.1. The number of nitro groups is 1. The van der Waals surface area contributed by atoms with Gasteiger partial charge in [0, 0.05) is 28.6 Å². The molecule has 0 spiro atoms. The number of amides is 2. The summed E-state index contributed by atoms with van der Waals surface area (Å²) >= 11 is 1.37. The predicted octanol–water partition coefficient (Wildman–Crippen LogP) is 3.16. The molecule has 0 aliphatic heterocycles. The molecule has 2 aromatic rings. The summed E-state index contributed by atoms with van der Waals surface area (Å²) in [5.74, 6) is -0.809. The van der Waals surface area contributed by atoms with Crippen molar-refractivity contribution in [1.82, 2.24) is 9.88 Å². The Labute approximate surface area is 155 Å². The Morgan fingerprint density at radius 2 is 2.04 bits per heavy atom. The zero-order valence-corrected chi connectivity index (χ0v) is 15.8. The van der Waals surface area contributed by atoms with E-state index in [1.807, 2.05) is 13.8 Å². The first kappa shape index (κ1) is 19.5. The summed E-state index contributed by atoms with van der Waals surface area (Å²) in [7, 11) is 0. The second-order valence-electron chi connectivity index (χ2n) is 6.04. The minimum Gasteiger partial charge on any atom is -0.327 e. The Balaban J connectivity index is 2.14. The number of nitro benzene ring substituents is 1. The molecule has 0 fully saturated rings. The zero-order valence-electron chi connectivity index (χ0n) is 15.0. The van der Waals surface area contributed by atoms with Crippen LogP contribution in [0.25, 0.3) is 0 Å². The van der Waals surface area contributed by atoms with Crippen LogP contribution in [0.4, 0.5) is 10.8 Å². The third-order valence-corrected chi connectivity index (χ3v) is 4.77. The fourth-order valence-electron chi connectivity index (χ4n) is 2.25. The van der Waals surface area contributed by atoms with Gasteiger partial charge in [-0.2, -0.15) is 0 Å². The van der Waals surface area contributed by atoms with Crippen molar-refractivity contribution in [3.63, 3.8) is 0 Å². The van der Waals surface area contributed by atoms with E-state index < -0.39 is 10.8 Å². The van der Waals surface area contributed by atoms with Crippen LogP contribution in [0.2, 0.25) is 0 Å². The van der Waals surface area contributed by atoms with Crippen molar-refractivity contribution >= 4 is 34.0 Å². The van der Waals surface area contributed by atoms with Crippen LogP contribution < -0.4 is 5.32 Å². The largest absolute Gasteiger partial charge is 0.327 e. The number of hydrogen-bond acceptors (Lipinski definition) is 6. The van der Waals surface area contributed by atoms with E-state index >= 15 is 0 Å². The number of nitrogens with zero attached hydrogens (tertiary/aromatic N) is 3. The normalized spacial score (nSPS) is 10.7. The fourth-order valence-corrected chi connectivity index (χ4v) is 3.08. The summed E-state index contributed by atoms with van der Waals surface area (Å²) in [5, 5.41) is 14.1. The average molecular weight is 376 g/mol. The van der Waals surface area contributed by atoms with Gasteiger partial charge in [-0.05, 0) is 33.8 Å². The maximum Gasteiger partial charge on any atom is 0.270 e. The number of thiazole rings is 1. The fraction of sp³-hybridized carbons (Fsp3) is 0.353. The van der Waals surface area contributed by atoms with Gasteiger partial charge >= 0.3 is 0 Å². The number of aromatic nitrogens is 1. The first-order valence-corrected chi connectivity index (χ1v) is 8.80. The van der Waals surface area contributed by atoms with Crippen LogP contribution in [-0.4, -0.2) is 39.2 Å². The van der Waals surface area contributed by atoms with Gasteiger partial charge in [0.25, 0.3) is 11.6 Å². The number of anilines is 1. The Hall–Kier alpha value is -2.81. The van der Waals surface area contributed by atoms with Crippen LogP contribution in [0.1, 0.15) is 34.8 Å². The molecule has 2 amide bonds. The highest BCUT2D eigenvalue weighted by Crippen LogP contribution is 2.21. The number of benzene rings is 1. The first-order chi connectivity index (χ1) is 12.2. The molecule has 2 rings (SSSR count). The smallest absolute Gasteiger partial charge is 0.270 e. The van der Waals surface area contributed by atoms with Crippen LogP contribution in [0.5, 0.6) is 0 Å². The summed E-state index contributed by atoms with van der Waals surface area (Å²) in [6.07, 6.45) is 0. The van der Waals surface area contributed by atoms with E-state index in [1.165, 1.54) is 40.5 Å². The molecule has 0 bridgehead atoms. The molecule has 0 aliphatic carbocycles. The molecule has 0 atom stereocenters. The monoisotopic (exact) mass is 376 g/mol. The molecule has 1 heterocycles. The molecule has 1 aromatic carbocycles. The summed E-state index contributed by atoms with van der Waals surface area (Å²) < 4.78 is 0. The number of aryl methyl sites for hydroxylation is 2. The second kappa shape index (κ2) is 8.05. The van der Waals surface area contributed by atoms with E-state index in [0.29, 0.717) is 5.13 Å². The highest BCUT2D eigenvalue weighted by Gasteiger charge is 2.23. The van der Waals surface area contributed by atoms with Gasteiger partial charge in [-0.1, -0.05) is 6.07 Å². The molecule has 1 N–H and O–H groups in total. The number of hydrogen-bond donors (Lipinski definition) is 1. The van der Waals surface area contributed by atoms with Crippen LogP contribution in [0.3, 0.4) is 0 Å². The Bertz CT molecular complexity index is 828. The summed E-state index contributed by atoms with van der Waals surface area (Å²) in [5.41, 5.74) is 0.845. The highest BCUT2D eigenvalue weighted by atomic mass is 32.1. The molecular formula is C17H20N4O4S. The van der Waals surface area contributed by atoms with Crippen molar-refractivity contribution in [2.75, 3.05) is 11.9 Å². The van der Waals surface area contributed by atoms with E-state index in [0.717, 1.165) is 10.6 Å². The average Bonchev–Trinajstić information content (AvgIpc) is 2.89. The van der Waals surface area contributed by atoms with Gasteiger partial charge in [0.05, 0.1) is 10.6 Å². The SMILES string of the molecule is Cc1nc(NC(=O)CN(C(=O)c2cccc([N+](=O)[O-])c2)C(C)C)sc1C. The molecule has 0 radical (unpaired) electrons. The number of carbonyl (C=O) groups is 2. The quantitative estimate of drug-likeness (QED) is 0.616. The van der Waals surface area contributed by atoms with Gasteiger partial charge < -0.3 is 10.2 Å². The number of non-ortho nitro benzene ring substituents is 1. The van der Waals surface area contributed by atoms with Crippen molar-refractivity contribution in [2.24, 2.45) is 0 Å². The Kier molecular flexibility index (Phi) is 6.04. The standard InChI is InChI=1S/C17H20N4O4S/c1-10(2)20(9-15(22)19-17-18-11(3)12(4)26-17)16(23)13-6-5-7-14(8-13)21(24)25/h5-8,10H,9H2,1-4H3,(H,18,19,22). The lowest BCUT2D eigenvalue weighted by molar-refractivity contribution is -0.384. The Morgan fingerprint density at radius 3 is 2.58 bits per heavy atom. The van der Waals surface area contributed by atoms with Crippen molar-refractivity contribution in [3.8, 4) is 0 Å². The van der Waals surface area contributed by atoms with Crippen LogP contribution in [0.15, 0.2) is 24.3 Å². The highest BCUT2D eigenvalue weighted by molar-refractivity contribution is 7.15. The summed E-state index contributed by atoms with van der Waals surface area (Å²) in [6, 6.07) is 5.22. The van der Waals surface area contributed by atoms with E-state index in [1.54, 1.807) is 13.8 Å². The third-order valence-electron chi connectivity index (χ3n) is 3.78. The van der Waals surface area contributed by atoms with Crippen molar-refractivity contribution in [3.05, 3.63) is 50.5 Å². The van der Waals surface area contributed by atoms with E-state index in [2.05, 4.69) is 10.3 Å². The molecule has 0 aliphatic rings. The van der Waals surface area contributed by atoms with Crippen molar-refractivity contribution in [1.29, 1.82) is 0 Å². The molecule has 0 saturated heterocycles. The van der Waals surface area contributed by atoms with Crippen LogP contribution in [-0.2, 0) is 4.79 Å². The molecule has 138 valence electrons. The summed E-state index contributed by atoms with van der Waals surface area (Å²) in [6.45, 7) is 7.15. The van der Waals surface area contributed by atoms with E-state index in [4.69, 9.17) is 0 Å². The first-order valence-electron chi connectivity index (χ1n) is 7.98. The van der Waals surface area contributed by atoms with Gasteiger partial charge in [0.2, 0.25) is 5.91 Å². The molecule has 1 aromatic heterocycles.